The van der Waals surface area contributed by atoms with Gasteiger partial charge in [0.25, 0.3) is 0 Å². The first-order valence-electron chi connectivity index (χ1n) is 9.14. The van der Waals surface area contributed by atoms with E-state index in [9.17, 15) is 0 Å². The summed E-state index contributed by atoms with van der Waals surface area (Å²) in [4.78, 5) is 0. The van der Waals surface area contributed by atoms with Gasteiger partial charge in [-0.3, -0.25) is 4.74 Å². The van der Waals surface area contributed by atoms with Gasteiger partial charge >= 0.3 is 0 Å². The maximum atomic E-state index is 5.43. The SMILES string of the molecule is C=CC=C.CCC(C)P(=NC1=CC=CC1)(C(C)CC)C(C)CC.[Ti]. The van der Waals surface area contributed by atoms with Gasteiger partial charge in [-0.1, -0.05) is 79.0 Å². The number of hydrogen-bond acceptors (Lipinski definition) is 1. The number of nitrogens with zero attached hydrogens (tertiary/aromatic N) is 1. The van der Waals surface area contributed by atoms with Crippen LogP contribution in [0.1, 0.15) is 67.2 Å². The Morgan fingerprint density at radius 1 is 1.00 bits per heavy atom. The van der Waals surface area contributed by atoms with E-state index >= 15 is 0 Å². The Labute approximate surface area is 166 Å². The predicted octanol–water partition coefficient (Wildman–Crippen LogP) is 7.78. The predicted molar refractivity (Wildman–Crippen MR) is 111 cm³/mol. The molecule has 3 atom stereocenters. The van der Waals surface area contributed by atoms with Crippen LogP contribution in [0.4, 0.5) is 0 Å². The van der Waals surface area contributed by atoms with Crippen molar-refractivity contribution in [2.24, 2.45) is 4.74 Å². The molecule has 0 heterocycles. The van der Waals surface area contributed by atoms with Crippen molar-refractivity contribution in [3.8, 4) is 0 Å². The molecular weight excluding hydrogens is 345 g/mol. The van der Waals surface area contributed by atoms with Crippen molar-refractivity contribution >= 4 is 7.05 Å². The van der Waals surface area contributed by atoms with Gasteiger partial charge in [-0.05, 0) is 49.4 Å². The fourth-order valence-corrected chi connectivity index (χ4v) is 8.75. The quantitative estimate of drug-likeness (QED) is 0.230. The summed E-state index contributed by atoms with van der Waals surface area (Å²) >= 11 is 0. The summed E-state index contributed by atoms with van der Waals surface area (Å²) < 4.78 is 5.43. The van der Waals surface area contributed by atoms with Gasteiger partial charge < -0.3 is 0 Å². The van der Waals surface area contributed by atoms with Crippen molar-refractivity contribution in [3.63, 3.8) is 0 Å². The van der Waals surface area contributed by atoms with Crippen LogP contribution in [0.2, 0.25) is 0 Å². The smallest absolute Gasteiger partial charge is 0.0425 e. The van der Waals surface area contributed by atoms with Crippen LogP contribution in [0.25, 0.3) is 0 Å². The van der Waals surface area contributed by atoms with Crippen LogP contribution < -0.4 is 0 Å². The van der Waals surface area contributed by atoms with Gasteiger partial charge in [0.1, 0.15) is 0 Å². The first kappa shape index (κ1) is 26.1. The second-order valence-corrected chi connectivity index (χ2v) is 10.9. The maximum absolute atomic E-state index is 5.43. The zero-order valence-corrected chi connectivity index (χ0v) is 19.2. The van der Waals surface area contributed by atoms with Crippen LogP contribution >= 0.6 is 7.05 Å². The Morgan fingerprint density at radius 2 is 1.42 bits per heavy atom. The van der Waals surface area contributed by atoms with Crippen molar-refractivity contribution in [3.05, 3.63) is 49.2 Å². The topological polar surface area (TPSA) is 12.4 Å². The molecule has 3 unspecified atom stereocenters. The molecule has 0 saturated carbocycles. The average molecular weight is 383 g/mol. The summed E-state index contributed by atoms with van der Waals surface area (Å²) in [5, 5.41) is 0. The number of rotatable bonds is 8. The molecule has 0 spiro atoms. The molecule has 1 rings (SSSR count). The van der Waals surface area contributed by atoms with E-state index in [0.29, 0.717) is 0 Å². The van der Waals surface area contributed by atoms with E-state index in [2.05, 4.69) is 72.9 Å². The minimum Gasteiger partial charge on any atom is -0.271 e. The van der Waals surface area contributed by atoms with E-state index in [0.717, 1.165) is 23.4 Å². The average Bonchev–Trinajstić information content (AvgIpc) is 3.10. The minimum absolute atomic E-state index is 0. The zero-order chi connectivity index (χ0) is 17.9. The molecule has 0 aromatic heterocycles. The van der Waals surface area contributed by atoms with Crippen molar-refractivity contribution in [1.82, 2.24) is 0 Å². The molecule has 0 aromatic rings. The van der Waals surface area contributed by atoms with E-state index in [4.69, 9.17) is 4.74 Å². The maximum Gasteiger partial charge on any atom is 0.0425 e. The standard InChI is InChI=1S/C17H32NP.C4H6.Ti/c1-7-14(4)19(15(5)8-2,16(6)9-3)18-17-12-10-11-13-17;1-3-4-2;/h10-12,14-16H,7-9,13H2,1-6H3;3-4H,1-2H2;. The Hall–Kier alpha value is -0.0957. The van der Waals surface area contributed by atoms with E-state index in [1.54, 1.807) is 12.2 Å². The molecular formula is C21H38NPTi. The molecule has 136 valence electrons. The van der Waals surface area contributed by atoms with Crippen LogP contribution in [0.5, 0.6) is 0 Å². The molecule has 0 N–H and O–H groups in total. The molecule has 0 aromatic carbocycles. The van der Waals surface area contributed by atoms with Crippen molar-refractivity contribution in [2.45, 2.75) is 84.2 Å². The number of hydrogen-bond donors (Lipinski definition) is 0. The van der Waals surface area contributed by atoms with Gasteiger partial charge in [-0.25, -0.2) is 0 Å². The Bertz CT molecular complexity index is 437. The molecule has 1 aliphatic rings. The molecule has 0 radical (unpaired) electrons. The van der Waals surface area contributed by atoms with Crippen molar-refractivity contribution in [1.29, 1.82) is 0 Å². The summed E-state index contributed by atoms with van der Waals surface area (Å²) in [5.41, 5.74) is 3.57. The third kappa shape index (κ3) is 7.03. The van der Waals surface area contributed by atoms with Crippen LogP contribution in [0.3, 0.4) is 0 Å². The van der Waals surface area contributed by atoms with Crippen molar-refractivity contribution in [2.75, 3.05) is 0 Å². The monoisotopic (exact) mass is 383 g/mol. The van der Waals surface area contributed by atoms with Gasteiger partial charge in [-0.2, -0.15) is 0 Å². The first-order chi connectivity index (χ1) is 10.9. The molecule has 0 saturated heterocycles. The molecule has 0 aliphatic heterocycles. The fraction of sp³-hybridized carbons (Fsp3) is 0.619. The Kier molecular flexibility index (Phi) is 15.4. The second-order valence-electron chi connectivity index (χ2n) is 6.43. The second kappa shape index (κ2) is 14.1. The molecule has 3 heteroatoms. The normalized spacial score (nSPS) is 18.7. The fourth-order valence-electron chi connectivity index (χ4n) is 3.21. The van der Waals surface area contributed by atoms with E-state index in [1.165, 1.54) is 25.0 Å². The van der Waals surface area contributed by atoms with Gasteiger partial charge in [-0.15, -0.1) is 0 Å². The summed E-state index contributed by atoms with van der Waals surface area (Å²) in [6.45, 7) is 21.1. The van der Waals surface area contributed by atoms with Gasteiger partial charge in [0, 0.05) is 33.8 Å². The van der Waals surface area contributed by atoms with Crippen LogP contribution in [0.15, 0.2) is 54.0 Å². The van der Waals surface area contributed by atoms with E-state index < -0.39 is 7.05 Å². The first-order valence-corrected chi connectivity index (χ1v) is 11.1. The van der Waals surface area contributed by atoms with Gasteiger partial charge in [0.15, 0.2) is 0 Å². The Morgan fingerprint density at radius 3 is 1.67 bits per heavy atom. The van der Waals surface area contributed by atoms with Gasteiger partial charge in [0.05, 0.1) is 0 Å². The van der Waals surface area contributed by atoms with E-state index in [1.807, 2.05) is 0 Å². The largest absolute Gasteiger partial charge is 0.271 e. The molecule has 0 amide bonds. The molecule has 24 heavy (non-hydrogen) atoms. The summed E-state index contributed by atoms with van der Waals surface area (Å²) in [7, 11) is -1.30. The van der Waals surface area contributed by atoms with Crippen molar-refractivity contribution < 1.29 is 21.7 Å². The molecule has 0 fully saturated rings. The third-order valence-corrected chi connectivity index (χ3v) is 11.0. The zero-order valence-electron chi connectivity index (χ0n) is 16.8. The van der Waals surface area contributed by atoms with Crippen LogP contribution in [0, 0.1) is 0 Å². The molecule has 1 nitrogen and oxygen atoms in total. The summed E-state index contributed by atoms with van der Waals surface area (Å²) in [5.74, 6) is 0. The van der Waals surface area contributed by atoms with E-state index in [-0.39, 0.29) is 21.7 Å². The molecule has 1 aliphatic carbocycles. The van der Waals surface area contributed by atoms with Crippen LogP contribution in [-0.4, -0.2) is 17.0 Å². The molecule has 0 bridgehead atoms. The summed E-state index contributed by atoms with van der Waals surface area (Å²) in [6.07, 6.45) is 14.7. The number of allylic oxidation sites excluding steroid dienone is 5. The summed E-state index contributed by atoms with van der Waals surface area (Å²) in [6, 6.07) is 0. The van der Waals surface area contributed by atoms with Gasteiger partial charge in [0.2, 0.25) is 0 Å². The third-order valence-electron chi connectivity index (χ3n) is 5.11. The van der Waals surface area contributed by atoms with Crippen LogP contribution in [-0.2, 0) is 21.7 Å². The minimum atomic E-state index is -1.30. The Balaban J connectivity index is 0.